The van der Waals surface area contributed by atoms with Crippen LogP contribution in [0.5, 0.6) is 0 Å². The summed E-state index contributed by atoms with van der Waals surface area (Å²) in [6.07, 6.45) is 7.94. The molecule has 0 aromatic carbocycles. The first-order valence-electron chi connectivity index (χ1n) is 6.75. The Labute approximate surface area is 109 Å². The lowest BCUT2D eigenvalue weighted by molar-refractivity contribution is -0.0314. The first-order chi connectivity index (χ1) is 8.54. The highest BCUT2D eigenvalue weighted by Crippen LogP contribution is 2.36. The fourth-order valence-corrected chi connectivity index (χ4v) is 3.12. The fourth-order valence-electron chi connectivity index (χ4n) is 3.12. The van der Waals surface area contributed by atoms with E-state index in [1.54, 1.807) is 4.68 Å². The smallest absolute Gasteiger partial charge is 0.0853 e. The Bertz CT molecular complexity index is 382. The Hall–Kier alpha value is -0.940. The normalized spacial score (nSPS) is 21.2. The van der Waals surface area contributed by atoms with E-state index in [0.29, 0.717) is 6.42 Å². The first kappa shape index (κ1) is 13.5. The van der Waals surface area contributed by atoms with E-state index in [1.165, 1.54) is 19.3 Å². The third kappa shape index (κ3) is 2.57. The average molecular weight is 252 g/mol. The Morgan fingerprint density at radius 3 is 2.56 bits per heavy atom. The van der Waals surface area contributed by atoms with Crippen LogP contribution in [0.25, 0.3) is 0 Å². The van der Waals surface area contributed by atoms with Crippen LogP contribution in [0.2, 0.25) is 0 Å². The van der Waals surface area contributed by atoms with Gasteiger partial charge in [0.25, 0.3) is 0 Å². The Morgan fingerprint density at radius 2 is 2.06 bits per heavy atom. The van der Waals surface area contributed by atoms with E-state index in [4.69, 9.17) is 0 Å². The molecule has 0 aliphatic heterocycles. The summed E-state index contributed by atoms with van der Waals surface area (Å²) in [4.78, 5) is 2.20. The molecule has 1 aromatic rings. The standard InChI is InChI=1S/C13H24N4O/c1-16(2)13(7-5-4-6-8-13)12(18)9-11-10-17(3)15-14-11/h10,12,18H,4-9H2,1-3H3. The summed E-state index contributed by atoms with van der Waals surface area (Å²) >= 11 is 0. The minimum atomic E-state index is -0.371. The van der Waals surface area contributed by atoms with Crippen molar-refractivity contribution in [1.29, 1.82) is 0 Å². The third-order valence-corrected chi connectivity index (χ3v) is 4.28. The molecule has 1 aliphatic carbocycles. The van der Waals surface area contributed by atoms with Crippen molar-refractivity contribution in [2.24, 2.45) is 7.05 Å². The highest BCUT2D eigenvalue weighted by Gasteiger charge is 2.41. The van der Waals surface area contributed by atoms with Crippen LogP contribution in [0.3, 0.4) is 0 Å². The minimum Gasteiger partial charge on any atom is -0.391 e. The largest absolute Gasteiger partial charge is 0.391 e. The maximum absolute atomic E-state index is 10.6. The molecule has 18 heavy (non-hydrogen) atoms. The summed E-state index contributed by atoms with van der Waals surface area (Å²) in [6, 6.07) is 0. The number of hydrogen-bond donors (Lipinski definition) is 1. The predicted octanol–water partition coefficient (Wildman–Crippen LogP) is 0.983. The van der Waals surface area contributed by atoms with Gasteiger partial charge in [0.05, 0.1) is 11.8 Å². The van der Waals surface area contributed by atoms with Crippen molar-refractivity contribution in [3.63, 3.8) is 0 Å². The summed E-state index contributed by atoms with van der Waals surface area (Å²) in [5.41, 5.74) is 0.785. The van der Waals surface area contributed by atoms with E-state index in [1.807, 2.05) is 13.2 Å². The van der Waals surface area contributed by atoms with Gasteiger partial charge in [-0.05, 0) is 26.9 Å². The highest BCUT2D eigenvalue weighted by atomic mass is 16.3. The maximum Gasteiger partial charge on any atom is 0.0853 e. The number of aliphatic hydroxyl groups is 1. The van der Waals surface area contributed by atoms with Gasteiger partial charge in [0.1, 0.15) is 0 Å². The summed E-state index contributed by atoms with van der Waals surface area (Å²) in [5, 5.41) is 18.6. The van der Waals surface area contributed by atoms with E-state index < -0.39 is 0 Å². The third-order valence-electron chi connectivity index (χ3n) is 4.28. The fraction of sp³-hybridized carbons (Fsp3) is 0.846. The van der Waals surface area contributed by atoms with Crippen LogP contribution in [0.1, 0.15) is 37.8 Å². The summed E-state index contributed by atoms with van der Waals surface area (Å²) in [7, 11) is 6.00. The van der Waals surface area contributed by atoms with Crippen molar-refractivity contribution < 1.29 is 5.11 Å². The number of rotatable bonds is 4. The molecule has 1 aliphatic rings. The Kier molecular flexibility index (Phi) is 4.02. The van der Waals surface area contributed by atoms with Crippen LogP contribution in [0, 0.1) is 0 Å². The lowest BCUT2D eigenvalue weighted by Crippen LogP contribution is -2.55. The zero-order valence-corrected chi connectivity index (χ0v) is 11.6. The van der Waals surface area contributed by atoms with Gasteiger partial charge in [0, 0.05) is 25.2 Å². The molecule has 0 radical (unpaired) electrons. The van der Waals surface area contributed by atoms with E-state index >= 15 is 0 Å². The quantitative estimate of drug-likeness (QED) is 0.868. The van der Waals surface area contributed by atoms with Crippen LogP contribution >= 0.6 is 0 Å². The lowest BCUT2D eigenvalue weighted by Gasteiger charge is -2.46. The molecule has 1 saturated carbocycles. The van der Waals surface area contributed by atoms with Crippen LogP contribution in [-0.2, 0) is 13.5 Å². The number of aryl methyl sites for hydroxylation is 1. The molecule has 0 saturated heterocycles. The van der Waals surface area contributed by atoms with Gasteiger partial charge in [0.2, 0.25) is 0 Å². The molecule has 102 valence electrons. The Balaban J connectivity index is 2.10. The number of nitrogens with zero attached hydrogens (tertiary/aromatic N) is 4. The van der Waals surface area contributed by atoms with Gasteiger partial charge in [-0.25, -0.2) is 0 Å². The van der Waals surface area contributed by atoms with Crippen molar-refractivity contribution >= 4 is 0 Å². The van der Waals surface area contributed by atoms with Crippen LogP contribution < -0.4 is 0 Å². The van der Waals surface area contributed by atoms with Crippen molar-refractivity contribution in [2.75, 3.05) is 14.1 Å². The predicted molar refractivity (Wildman–Crippen MR) is 70.2 cm³/mol. The second kappa shape index (κ2) is 5.36. The topological polar surface area (TPSA) is 54.2 Å². The zero-order chi connectivity index (χ0) is 13.2. The SMILES string of the molecule is CN(C)C1(C(O)Cc2cn(C)nn2)CCCCC1. The molecule has 0 amide bonds. The van der Waals surface area contributed by atoms with Gasteiger partial charge in [-0.1, -0.05) is 24.5 Å². The molecule has 1 unspecified atom stereocenters. The van der Waals surface area contributed by atoms with Crippen LogP contribution in [0.15, 0.2) is 6.20 Å². The molecular weight excluding hydrogens is 228 g/mol. The number of aliphatic hydroxyl groups excluding tert-OH is 1. The molecular formula is C13H24N4O. The molecule has 1 atom stereocenters. The van der Waals surface area contributed by atoms with Gasteiger partial charge in [-0.15, -0.1) is 5.10 Å². The van der Waals surface area contributed by atoms with E-state index in [-0.39, 0.29) is 11.6 Å². The summed E-state index contributed by atoms with van der Waals surface area (Å²) in [6.45, 7) is 0. The van der Waals surface area contributed by atoms with Crippen molar-refractivity contribution in [3.8, 4) is 0 Å². The zero-order valence-electron chi connectivity index (χ0n) is 11.6. The van der Waals surface area contributed by atoms with Crippen LogP contribution in [0.4, 0.5) is 0 Å². The number of aromatic nitrogens is 3. The number of likely N-dealkylation sites (N-methyl/N-ethyl adjacent to an activating group) is 1. The molecule has 1 fully saturated rings. The molecule has 1 heterocycles. The minimum absolute atomic E-state index is 0.0875. The van der Waals surface area contributed by atoms with Gasteiger partial charge in [-0.3, -0.25) is 4.68 Å². The molecule has 5 heteroatoms. The number of hydrogen-bond acceptors (Lipinski definition) is 4. The van der Waals surface area contributed by atoms with Crippen molar-refractivity contribution in [1.82, 2.24) is 19.9 Å². The van der Waals surface area contributed by atoms with E-state index in [2.05, 4.69) is 29.3 Å². The summed E-state index contributed by atoms with van der Waals surface area (Å²) in [5.74, 6) is 0. The highest BCUT2D eigenvalue weighted by molar-refractivity contribution is 5.03. The van der Waals surface area contributed by atoms with Gasteiger partial charge >= 0.3 is 0 Å². The molecule has 1 aromatic heterocycles. The molecule has 0 spiro atoms. The van der Waals surface area contributed by atoms with E-state index in [9.17, 15) is 5.11 Å². The van der Waals surface area contributed by atoms with Gasteiger partial charge in [0.15, 0.2) is 0 Å². The molecule has 2 rings (SSSR count). The van der Waals surface area contributed by atoms with Gasteiger partial charge in [-0.2, -0.15) is 0 Å². The second-order valence-electron chi connectivity index (χ2n) is 5.66. The second-order valence-corrected chi connectivity index (χ2v) is 5.66. The monoisotopic (exact) mass is 252 g/mol. The summed E-state index contributed by atoms with van der Waals surface area (Å²) < 4.78 is 1.69. The maximum atomic E-state index is 10.6. The first-order valence-corrected chi connectivity index (χ1v) is 6.75. The molecule has 5 nitrogen and oxygen atoms in total. The van der Waals surface area contributed by atoms with Crippen molar-refractivity contribution in [3.05, 3.63) is 11.9 Å². The molecule has 1 N–H and O–H groups in total. The van der Waals surface area contributed by atoms with E-state index in [0.717, 1.165) is 18.5 Å². The lowest BCUT2D eigenvalue weighted by atomic mass is 9.75. The van der Waals surface area contributed by atoms with Crippen LogP contribution in [-0.4, -0.2) is 50.7 Å². The van der Waals surface area contributed by atoms with Crippen molar-refractivity contribution in [2.45, 2.75) is 50.2 Å². The molecule has 0 bridgehead atoms. The van der Waals surface area contributed by atoms with Gasteiger partial charge < -0.3 is 10.0 Å². The Morgan fingerprint density at radius 1 is 1.39 bits per heavy atom. The average Bonchev–Trinajstić information content (AvgIpc) is 2.75.